The first-order valence-corrected chi connectivity index (χ1v) is 9.31. The first kappa shape index (κ1) is 21.2. The fourth-order valence-corrected chi connectivity index (χ4v) is 3.03. The highest BCUT2D eigenvalue weighted by molar-refractivity contribution is 5.91. The van der Waals surface area contributed by atoms with Gasteiger partial charge in [0.1, 0.15) is 5.75 Å². The SMILES string of the molecule is COc1cc(C(=O)OCC(=O)NC[C@H]2CN(CC(C)C)CCO2)ccc1C. The summed E-state index contributed by atoms with van der Waals surface area (Å²) in [5, 5.41) is 2.77. The van der Waals surface area contributed by atoms with Crippen LogP contribution in [0.2, 0.25) is 0 Å². The summed E-state index contributed by atoms with van der Waals surface area (Å²) >= 11 is 0. The number of esters is 1. The van der Waals surface area contributed by atoms with Crippen molar-refractivity contribution >= 4 is 11.9 Å². The Balaban J connectivity index is 1.73. The summed E-state index contributed by atoms with van der Waals surface area (Å²) in [5.74, 6) is 0.305. The first-order valence-electron chi connectivity index (χ1n) is 9.31. The largest absolute Gasteiger partial charge is 0.496 e. The van der Waals surface area contributed by atoms with Crippen molar-refractivity contribution in [3.8, 4) is 5.75 Å². The second-order valence-electron chi connectivity index (χ2n) is 7.21. The molecule has 7 heteroatoms. The maximum Gasteiger partial charge on any atom is 0.338 e. The zero-order valence-electron chi connectivity index (χ0n) is 16.6. The summed E-state index contributed by atoms with van der Waals surface area (Å²) < 4.78 is 16.0. The van der Waals surface area contributed by atoms with Gasteiger partial charge in [-0.1, -0.05) is 19.9 Å². The fraction of sp³-hybridized carbons (Fsp3) is 0.600. The standard InChI is InChI=1S/C20H30N2O5/c1-14(2)11-22-7-8-26-17(12-22)10-21-19(23)13-27-20(24)16-6-5-15(3)18(9-16)25-4/h5-6,9,14,17H,7-8,10-13H2,1-4H3,(H,21,23)/t17-/m0/s1. The van der Waals surface area contributed by atoms with Crippen LogP contribution in [-0.2, 0) is 14.3 Å². The molecule has 2 rings (SSSR count). The van der Waals surface area contributed by atoms with Gasteiger partial charge in [0.15, 0.2) is 6.61 Å². The van der Waals surface area contributed by atoms with E-state index in [2.05, 4.69) is 24.1 Å². The molecule has 0 spiro atoms. The molecular formula is C20H30N2O5. The predicted molar refractivity (Wildman–Crippen MR) is 102 cm³/mol. The Morgan fingerprint density at radius 1 is 1.37 bits per heavy atom. The number of carbonyl (C=O) groups is 2. The third kappa shape index (κ3) is 6.84. The van der Waals surface area contributed by atoms with Crippen molar-refractivity contribution < 1.29 is 23.8 Å². The van der Waals surface area contributed by atoms with E-state index in [0.29, 0.717) is 30.4 Å². The van der Waals surface area contributed by atoms with Crippen molar-refractivity contribution in [3.63, 3.8) is 0 Å². The summed E-state index contributed by atoms with van der Waals surface area (Å²) in [6.45, 7) is 9.73. The third-order valence-electron chi connectivity index (χ3n) is 4.35. The Labute approximate surface area is 161 Å². The van der Waals surface area contributed by atoms with Gasteiger partial charge in [0.2, 0.25) is 0 Å². The smallest absolute Gasteiger partial charge is 0.338 e. The van der Waals surface area contributed by atoms with Gasteiger partial charge in [-0.25, -0.2) is 4.79 Å². The normalized spacial score (nSPS) is 17.6. The number of benzene rings is 1. The Bertz CT molecular complexity index is 647. The molecule has 1 heterocycles. The fourth-order valence-electron chi connectivity index (χ4n) is 3.03. The summed E-state index contributed by atoms with van der Waals surface area (Å²) in [6, 6.07) is 5.03. The number of ether oxygens (including phenoxy) is 3. The van der Waals surface area contributed by atoms with E-state index in [4.69, 9.17) is 14.2 Å². The average molecular weight is 378 g/mol. The highest BCUT2D eigenvalue weighted by atomic mass is 16.5. The molecule has 1 aromatic carbocycles. The number of nitrogens with one attached hydrogen (secondary N) is 1. The topological polar surface area (TPSA) is 77.1 Å². The summed E-state index contributed by atoms with van der Waals surface area (Å²) in [4.78, 5) is 26.4. The number of rotatable bonds is 8. The van der Waals surface area contributed by atoms with Crippen LogP contribution in [0.5, 0.6) is 5.75 Å². The molecule has 150 valence electrons. The number of amides is 1. The van der Waals surface area contributed by atoms with Crippen molar-refractivity contribution in [3.05, 3.63) is 29.3 Å². The minimum Gasteiger partial charge on any atom is -0.496 e. The van der Waals surface area contributed by atoms with Crippen LogP contribution in [0.3, 0.4) is 0 Å². The van der Waals surface area contributed by atoms with Gasteiger partial charge in [0.05, 0.1) is 25.4 Å². The van der Waals surface area contributed by atoms with Crippen LogP contribution in [-0.4, -0.2) is 69.4 Å². The molecule has 1 amide bonds. The van der Waals surface area contributed by atoms with Crippen LogP contribution < -0.4 is 10.1 Å². The number of methoxy groups -OCH3 is 1. The number of aryl methyl sites for hydroxylation is 1. The number of nitrogens with zero attached hydrogens (tertiary/aromatic N) is 1. The molecule has 1 fully saturated rings. The van der Waals surface area contributed by atoms with E-state index in [1.54, 1.807) is 25.3 Å². The highest BCUT2D eigenvalue weighted by Gasteiger charge is 2.21. The Morgan fingerprint density at radius 3 is 2.85 bits per heavy atom. The third-order valence-corrected chi connectivity index (χ3v) is 4.35. The zero-order valence-corrected chi connectivity index (χ0v) is 16.6. The van der Waals surface area contributed by atoms with E-state index in [1.807, 2.05) is 6.92 Å². The van der Waals surface area contributed by atoms with Gasteiger partial charge in [-0.3, -0.25) is 9.69 Å². The van der Waals surface area contributed by atoms with Gasteiger partial charge in [-0.15, -0.1) is 0 Å². The molecule has 0 unspecified atom stereocenters. The molecule has 1 saturated heterocycles. The lowest BCUT2D eigenvalue weighted by Gasteiger charge is -2.33. The molecule has 0 saturated carbocycles. The second-order valence-corrected chi connectivity index (χ2v) is 7.21. The Hall–Kier alpha value is -2.12. The number of hydrogen-bond donors (Lipinski definition) is 1. The molecule has 7 nitrogen and oxygen atoms in total. The molecule has 0 bridgehead atoms. The van der Waals surface area contributed by atoms with Gasteiger partial charge in [-0.05, 0) is 30.5 Å². The van der Waals surface area contributed by atoms with Crippen LogP contribution in [0.15, 0.2) is 18.2 Å². The highest BCUT2D eigenvalue weighted by Crippen LogP contribution is 2.19. The van der Waals surface area contributed by atoms with Crippen LogP contribution in [0, 0.1) is 12.8 Å². The lowest BCUT2D eigenvalue weighted by atomic mass is 10.1. The van der Waals surface area contributed by atoms with Crippen molar-refractivity contribution in [2.24, 2.45) is 5.92 Å². The van der Waals surface area contributed by atoms with E-state index < -0.39 is 5.97 Å². The molecule has 1 aromatic rings. The van der Waals surface area contributed by atoms with Gasteiger partial charge >= 0.3 is 5.97 Å². The Morgan fingerprint density at radius 2 is 2.15 bits per heavy atom. The minimum absolute atomic E-state index is 0.0430. The van der Waals surface area contributed by atoms with Gasteiger partial charge < -0.3 is 19.5 Å². The molecule has 1 N–H and O–H groups in total. The van der Waals surface area contributed by atoms with E-state index in [1.165, 1.54) is 0 Å². The van der Waals surface area contributed by atoms with E-state index >= 15 is 0 Å². The maximum absolute atomic E-state index is 12.1. The summed E-state index contributed by atoms with van der Waals surface area (Å²) in [7, 11) is 1.54. The maximum atomic E-state index is 12.1. The van der Waals surface area contributed by atoms with Gasteiger partial charge in [0, 0.05) is 26.2 Å². The molecule has 0 aliphatic carbocycles. The lowest BCUT2D eigenvalue weighted by Crippen LogP contribution is -2.48. The molecule has 0 aromatic heterocycles. The molecule has 1 atom stereocenters. The monoisotopic (exact) mass is 378 g/mol. The number of carbonyl (C=O) groups excluding carboxylic acids is 2. The van der Waals surface area contributed by atoms with Crippen LogP contribution in [0.4, 0.5) is 0 Å². The van der Waals surface area contributed by atoms with Crippen LogP contribution >= 0.6 is 0 Å². The predicted octanol–water partition coefficient (Wildman–Crippen LogP) is 1.63. The molecule has 1 aliphatic rings. The molecule has 0 radical (unpaired) electrons. The lowest BCUT2D eigenvalue weighted by molar-refractivity contribution is -0.125. The molecule has 27 heavy (non-hydrogen) atoms. The first-order chi connectivity index (χ1) is 12.9. The number of morpholine rings is 1. The van der Waals surface area contributed by atoms with Crippen molar-refractivity contribution in [1.29, 1.82) is 0 Å². The molecular weight excluding hydrogens is 348 g/mol. The number of hydrogen-bond acceptors (Lipinski definition) is 6. The van der Waals surface area contributed by atoms with E-state index in [9.17, 15) is 9.59 Å². The van der Waals surface area contributed by atoms with Crippen LogP contribution in [0.1, 0.15) is 29.8 Å². The van der Waals surface area contributed by atoms with Crippen molar-refractivity contribution in [2.45, 2.75) is 26.9 Å². The van der Waals surface area contributed by atoms with Gasteiger partial charge in [-0.2, -0.15) is 0 Å². The average Bonchev–Trinajstić information content (AvgIpc) is 2.64. The van der Waals surface area contributed by atoms with E-state index in [-0.39, 0.29) is 18.6 Å². The zero-order chi connectivity index (χ0) is 19.8. The summed E-state index contributed by atoms with van der Waals surface area (Å²) in [5.41, 5.74) is 1.27. The minimum atomic E-state index is -0.555. The molecule has 1 aliphatic heterocycles. The quantitative estimate of drug-likeness (QED) is 0.693. The second kappa shape index (κ2) is 10.3. The Kier molecular flexibility index (Phi) is 8.06. The van der Waals surface area contributed by atoms with Gasteiger partial charge in [0.25, 0.3) is 5.91 Å². The summed E-state index contributed by atoms with van der Waals surface area (Å²) in [6.07, 6.45) is -0.0430. The van der Waals surface area contributed by atoms with E-state index in [0.717, 1.165) is 25.2 Å². The van der Waals surface area contributed by atoms with Crippen LogP contribution in [0.25, 0.3) is 0 Å². The van der Waals surface area contributed by atoms with Crippen molar-refractivity contribution in [2.75, 3.05) is 46.5 Å². The van der Waals surface area contributed by atoms with Crippen molar-refractivity contribution in [1.82, 2.24) is 10.2 Å².